The van der Waals surface area contributed by atoms with Crippen molar-refractivity contribution in [2.45, 2.75) is 19.4 Å². The average molecular weight is 172 g/mol. The van der Waals surface area contributed by atoms with Gasteiger partial charge in [0.15, 0.2) is 0 Å². The summed E-state index contributed by atoms with van der Waals surface area (Å²) in [6, 6.07) is 0.199. The van der Waals surface area contributed by atoms with Gasteiger partial charge in [-0.05, 0) is 37.8 Å². The number of isothiocyanates is 2. The van der Waals surface area contributed by atoms with Crippen molar-refractivity contribution in [1.29, 1.82) is 0 Å². The number of aliphatic imine (C=N–C) groups is 2. The van der Waals surface area contributed by atoms with E-state index in [1.807, 2.05) is 6.92 Å². The molecule has 0 amide bonds. The lowest BCUT2D eigenvalue weighted by Crippen LogP contribution is -1.98. The van der Waals surface area contributed by atoms with Gasteiger partial charge in [-0.1, -0.05) is 0 Å². The van der Waals surface area contributed by atoms with Gasteiger partial charge in [0, 0.05) is 0 Å². The van der Waals surface area contributed by atoms with Gasteiger partial charge in [-0.25, -0.2) is 9.98 Å². The second-order valence-corrected chi connectivity index (χ2v) is 2.20. The van der Waals surface area contributed by atoms with Crippen LogP contribution in [0.3, 0.4) is 0 Å². The molecule has 4 heteroatoms. The molecule has 0 aliphatic carbocycles. The first-order valence-corrected chi connectivity index (χ1v) is 3.73. The highest BCUT2D eigenvalue weighted by Gasteiger charge is 1.94. The van der Waals surface area contributed by atoms with Gasteiger partial charge in [0.2, 0.25) is 0 Å². The van der Waals surface area contributed by atoms with Crippen molar-refractivity contribution in [2.75, 3.05) is 6.54 Å². The minimum Gasteiger partial charge on any atom is -0.232 e. The Morgan fingerprint density at radius 1 is 1.40 bits per heavy atom. The van der Waals surface area contributed by atoms with Crippen LogP contribution in [0, 0.1) is 0 Å². The van der Waals surface area contributed by atoms with Gasteiger partial charge >= 0.3 is 0 Å². The normalized spacial score (nSPS) is 10.9. The predicted octanol–water partition coefficient (Wildman–Crippen LogP) is 1.97. The molecule has 0 aromatic heterocycles. The summed E-state index contributed by atoms with van der Waals surface area (Å²) in [5.74, 6) is 0. The molecule has 0 spiro atoms. The smallest absolute Gasteiger partial charge is 0.0592 e. The first-order chi connectivity index (χ1) is 4.81. The fraction of sp³-hybridized carbons (Fsp3) is 0.667. The molecule has 0 aliphatic rings. The summed E-state index contributed by atoms with van der Waals surface area (Å²) in [4.78, 5) is 7.58. The molecule has 0 N–H and O–H groups in total. The molecular weight excluding hydrogens is 164 g/mol. The van der Waals surface area contributed by atoms with E-state index in [1.54, 1.807) is 0 Å². The summed E-state index contributed by atoms with van der Waals surface area (Å²) in [7, 11) is 0. The summed E-state index contributed by atoms with van der Waals surface area (Å²) < 4.78 is 0. The van der Waals surface area contributed by atoms with E-state index in [0.29, 0.717) is 6.54 Å². The quantitative estimate of drug-likeness (QED) is 0.478. The molecule has 0 saturated heterocycles. The molecular formula is C6H8N2S2. The minimum absolute atomic E-state index is 0.199. The Morgan fingerprint density at radius 3 is 2.60 bits per heavy atom. The number of rotatable bonds is 4. The maximum absolute atomic E-state index is 4.42. The van der Waals surface area contributed by atoms with Gasteiger partial charge in [-0.2, -0.15) is 0 Å². The van der Waals surface area contributed by atoms with Gasteiger partial charge in [-0.15, -0.1) is 0 Å². The lowest BCUT2D eigenvalue weighted by Gasteiger charge is -1.97. The Bertz CT molecular complexity index is 178. The highest BCUT2D eigenvalue weighted by atomic mass is 32.1. The first kappa shape index (κ1) is 9.60. The van der Waals surface area contributed by atoms with Crippen LogP contribution in [-0.2, 0) is 0 Å². The molecule has 0 fully saturated rings. The van der Waals surface area contributed by atoms with Crippen molar-refractivity contribution >= 4 is 34.8 Å². The van der Waals surface area contributed by atoms with E-state index < -0.39 is 0 Å². The Balaban J connectivity index is 3.48. The lowest BCUT2D eigenvalue weighted by atomic mass is 10.2. The summed E-state index contributed by atoms with van der Waals surface area (Å²) in [5.41, 5.74) is 0. The zero-order valence-corrected chi connectivity index (χ0v) is 7.34. The van der Waals surface area contributed by atoms with E-state index in [4.69, 9.17) is 0 Å². The molecule has 0 aliphatic heterocycles. The summed E-state index contributed by atoms with van der Waals surface area (Å²) in [5, 5.41) is 4.60. The third-order valence-electron chi connectivity index (χ3n) is 0.996. The van der Waals surface area contributed by atoms with Gasteiger partial charge in [0.25, 0.3) is 0 Å². The molecule has 0 heterocycles. The van der Waals surface area contributed by atoms with Crippen LogP contribution >= 0.6 is 24.4 Å². The van der Waals surface area contributed by atoms with Crippen LogP contribution in [0.4, 0.5) is 0 Å². The second-order valence-electron chi connectivity index (χ2n) is 1.83. The second kappa shape index (κ2) is 6.72. The molecule has 10 heavy (non-hydrogen) atoms. The number of hydrogen-bond donors (Lipinski definition) is 0. The Labute approximate surface area is 71.1 Å². The van der Waals surface area contributed by atoms with E-state index in [-0.39, 0.29) is 6.04 Å². The fourth-order valence-corrected chi connectivity index (χ4v) is 0.723. The average Bonchev–Trinajstić information content (AvgIpc) is 1.89. The lowest BCUT2D eigenvalue weighted by molar-refractivity contribution is 0.685. The van der Waals surface area contributed by atoms with Gasteiger partial charge in [0.1, 0.15) is 0 Å². The van der Waals surface area contributed by atoms with E-state index in [1.165, 1.54) is 0 Å². The maximum Gasteiger partial charge on any atom is 0.0592 e. The van der Waals surface area contributed by atoms with Crippen molar-refractivity contribution in [3.8, 4) is 0 Å². The van der Waals surface area contributed by atoms with Crippen LogP contribution in [0.2, 0.25) is 0 Å². The third-order valence-corrected chi connectivity index (χ3v) is 1.23. The van der Waals surface area contributed by atoms with Crippen molar-refractivity contribution in [2.24, 2.45) is 9.98 Å². The molecule has 54 valence electrons. The number of hydrogen-bond acceptors (Lipinski definition) is 4. The molecule has 0 radical (unpaired) electrons. The van der Waals surface area contributed by atoms with Crippen molar-refractivity contribution in [3.05, 3.63) is 0 Å². The minimum atomic E-state index is 0.199. The van der Waals surface area contributed by atoms with Gasteiger partial charge in [-0.3, -0.25) is 0 Å². The number of thiocarbonyl (C=S) groups is 2. The van der Waals surface area contributed by atoms with E-state index in [9.17, 15) is 0 Å². The highest BCUT2D eigenvalue weighted by Crippen LogP contribution is 1.94. The SMILES string of the molecule is CC(CCN=C=S)N=C=S. The van der Waals surface area contributed by atoms with Crippen LogP contribution in [0.15, 0.2) is 9.98 Å². The molecule has 0 saturated carbocycles. The molecule has 0 rings (SSSR count). The zero-order valence-electron chi connectivity index (χ0n) is 5.70. The van der Waals surface area contributed by atoms with Crippen LogP contribution in [-0.4, -0.2) is 22.9 Å². The third kappa shape index (κ3) is 5.73. The molecule has 1 atom stereocenters. The molecule has 1 unspecified atom stereocenters. The van der Waals surface area contributed by atoms with Crippen molar-refractivity contribution < 1.29 is 0 Å². The predicted molar refractivity (Wildman–Crippen MR) is 49.0 cm³/mol. The summed E-state index contributed by atoms with van der Waals surface area (Å²) >= 11 is 8.81. The standard InChI is InChI=1S/C6H8N2S2/c1-6(8-5-10)2-3-7-4-9/h6H,2-3H2,1H3. The van der Waals surface area contributed by atoms with Gasteiger partial charge in [0.05, 0.1) is 22.9 Å². The Hall–Kier alpha value is -0.400. The molecule has 0 aromatic carbocycles. The van der Waals surface area contributed by atoms with Crippen LogP contribution < -0.4 is 0 Å². The zero-order chi connectivity index (χ0) is 7.82. The first-order valence-electron chi connectivity index (χ1n) is 2.92. The van der Waals surface area contributed by atoms with E-state index in [0.717, 1.165) is 6.42 Å². The summed E-state index contributed by atoms with van der Waals surface area (Å²) in [6.07, 6.45) is 0.854. The van der Waals surface area contributed by atoms with Crippen molar-refractivity contribution in [3.63, 3.8) is 0 Å². The topological polar surface area (TPSA) is 24.7 Å². The molecule has 0 bridgehead atoms. The highest BCUT2D eigenvalue weighted by molar-refractivity contribution is 7.78. The maximum atomic E-state index is 4.42. The van der Waals surface area contributed by atoms with E-state index in [2.05, 4.69) is 44.7 Å². The monoisotopic (exact) mass is 172 g/mol. The van der Waals surface area contributed by atoms with Crippen LogP contribution in [0.1, 0.15) is 13.3 Å². The van der Waals surface area contributed by atoms with E-state index >= 15 is 0 Å². The van der Waals surface area contributed by atoms with Crippen molar-refractivity contribution in [1.82, 2.24) is 0 Å². The fourth-order valence-electron chi connectivity index (χ4n) is 0.452. The Morgan fingerprint density at radius 2 is 2.10 bits per heavy atom. The summed E-state index contributed by atoms with van der Waals surface area (Å²) in [6.45, 7) is 2.63. The van der Waals surface area contributed by atoms with Gasteiger partial charge < -0.3 is 0 Å². The number of nitrogens with zero attached hydrogens (tertiary/aromatic N) is 2. The Kier molecular flexibility index (Phi) is 6.45. The molecule has 2 nitrogen and oxygen atoms in total. The largest absolute Gasteiger partial charge is 0.232 e. The molecule has 0 aromatic rings. The van der Waals surface area contributed by atoms with Crippen LogP contribution in [0.5, 0.6) is 0 Å². The van der Waals surface area contributed by atoms with Crippen LogP contribution in [0.25, 0.3) is 0 Å².